The third kappa shape index (κ3) is 1.46. The summed E-state index contributed by atoms with van der Waals surface area (Å²) < 4.78 is 2.21. The highest BCUT2D eigenvalue weighted by Crippen LogP contribution is 2.33. The molecule has 1 aliphatic rings. The van der Waals surface area contributed by atoms with Gasteiger partial charge in [0, 0.05) is 23.6 Å². The molecule has 3 heteroatoms. The molecule has 0 aliphatic heterocycles. The number of aliphatic carboxylic acids is 1. The predicted molar refractivity (Wildman–Crippen MR) is 66.1 cm³/mol. The number of aromatic nitrogens is 1. The fraction of sp³-hybridized carbons (Fsp3) is 0.357. The monoisotopic (exact) mass is 229 g/mol. The van der Waals surface area contributed by atoms with E-state index in [9.17, 15) is 4.79 Å². The number of para-hydroxylation sites is 1. The number of carboxylic acids is 1. The molecule has 0 bridgehead atoms. The maximum atomic E-state index is 11.1. The Hall–Kier alpha value is -1.77. The minimum Gasteiger partial charge on any atom is -0.481 e. The van der Waals surface area contributed by atoms with Crippen LogP contribution < -0.4 is 0 Å². The number of aryl methyl sites for hydroxylation is 1. The zero-order valence-corrected chi connectivity index (χ0v) is 9.81. The van der Waals surface area contributed by atoms with Gasteiger partial charge in [0.1, 0.15) is 0 Å². The average Bonchev–Trinajstić information content (AvgIpc) is 2.64. The van der Waals surface area contributed by atoms with Gasteiger partial charge in [0.05, 0.1) is 5.92 Å². The maximum Gasteiger partial charge on any atom is 0.306 e. The van der Waals surface area contributed by atoms with E-state index in [1.165, 1.54) is 22.2 Å². The molecule has 0 spiro atoms. The van der Waals surface area contributed by atoms with Crippen LogP contribution in [0, 0.1) is 5.92 Å². The summed E-state index contributed by atoms with van der Waals surface area (Å²) in [6.45, 7) is 0. The Kier molecular flexibility index (Phi) is 2.21. The van der Waals surface area contributed by atoms with Crippen molar-refractivity contribution in [2.75, 3.05) is 0 Å². The minimum absolute atomic E-state index is 0.215. The molecular weight excluding hydrogens is 214 g/mol. The molecule has 3 rings (SSSR count). The maximum absolute atomic E-state index is 11.1. The summed E-state index contributed by atoms with van der Waals surface area (Å²) >= 11 is 0. The SMILES string of the molecule is Cn1c2c(c3ccccc31)CC(C(=O)O)CC2. The first-order valence-electron chi connectivity index (χ1n) is 5.96. The number of hydrogen-bond donors (Lipinski definition) is 1. The van der Waals surface area contributed by atoms with Crippen LogP contribution in [-0.4, -0.2) is 15.6 Å². The molecule has 1 heterocycles. The molecule has 1 unspecified atom stereocenters. The van der Waals surface area contributed by atoms with Crippen LogP contribution in [0.4, 0.5) is 0 Å². The lowest BCUT2D eigenvalue weighted by Crippen LogP contribution is -2.22. The lowest BCUT2D eigenvalue weighted by Gasteiger charge is -2.19. The quantitative estimate of drug-likeness (QED) is 0.815. The van der Waals surface area contributed by atoms with Gasteiger partial charge in [-0.3, -0.25) is 4.79 Å². The Labute approximate surface area is 99.7 Å². The van der Waals surface area contributed by atoms with Crippen LogP contribution in [-0.2, 0) is 24.7 Å². The van der Waals surface area contributed by atoms with Gasteiger partial charge in [-0.25, -0.2) is 0 Å². The Balaban J connectivity index is 2.18. The van der Waals surface area contributed by atoms with Gasteiger partial charge in [0.25, 0.3) is 0 Å². The smallest absolute Gasteiger partial charge is 0.306 e. The van der Waals surface area contributed by atoms with Crippen LogP contribution in [0.25, 0.3) is 10.9 Å². The van der Waals surface area contributed by atoms with Crippen LogP contribution in [0.15, 0.2) is 24.3 Å². The van der Waals surface area contributed by atoms with E-state index in [4.69, 9.17) is 5.11 Å². The van der Waals surface area contributed by atoms with Crippen LogP contribution in [0.2, 0.25) is 0 Å². The molecule has 0 saturated heterocycles. The second kappa shape index (κ2) is 3.62. The summed E-state index contributed by atoms with van der Waals surface area (Å²) in [5.41, 5.74) is 3.76. The van der Waals surface area contributed by atoms with Crippen LogP contribution in [0.1, 0.15) is 17.7 Å². The van der Waals surface area contributed by atoms with Crippen molar-refractivity contribution in [3.63, 3.8) is 0 Å². The van der Waals surface area contributed by atoms with Gasteiger partial charge in [-0.15, -0.1) is 0 Å². The summed E-state index contributed by atoms with van der Waals surface area (Å²) in [5, 5.41) is 10.4. The van der Waals surface area contributed by atoms with Crippen molar-refractivity contribution in [2.45, 2.75) is 19.3 Å². The summed E-state index contributed by atoms with van der Waals surface area (Å²) in [4.78, 5) is 11.1. The van der Waals surface area contributed by atoms with Crippen molar-refractivity contribution in [2.24, 2.45) is 13.0 Å². The summed E-state index contributed by atoms with van der Waals surface area (Å²) in [5.74, 6) is -0.878. The third-order valence-corrected chi connectivity index (χ3v) is 3.87. The van der Waals surface area contributed by atoms with Gasteiger partial charge >= 0.3 is 5.97 Å². The number of benzene rings is 1. The van der Waals surface area contributed by atoms with E-state index in [2.05, 4.69) is 23.7 Å². The number of nitrogens with zero attached hydrogens (tertiary/aromatic N) is 1. The van der Waals surface area contributed by atoms with Crippen molar-refractivity contribution in [1.82, 2.24) is 4.57 Å². The summed E-state index contributed by atoms with van der Waals surface area (Å²) in [6.07, 6.45) is 2.30. The largest absolute Gasteiger partial charge is 0.481 e. The first-order chi connectivity index (χ1) is 8.18. The van der Waals surface area contributed by atoms with Crippen LogP contribution in [0.3, 0.4) is 0 Å². The van der Waals surface area contributed by atoms with E-state index >= 15 is 0 Å². The van der Waals surface area contributed by atoms with Gasteiger partial charge in [-0.2, -0.15) is 0 Å². The molecule has 0 saturated carbocycles. The molecule has 0 fully saturated rings. The molecule has 1 aromatic carbocycles. The molecule has 1 N–H and O–H groups in total. The topological polar surface area (TPSA) is 42.2 Å². The molecular formula is C14H15NO2. The van der Waals surface area contributed by atoms with E-state index in [0.29, 0.717) is 6.42 Å². The molecule has 3 nitrogen and oxygen atoms in total. The number of carboxylic acid groups (broad SMARTS) is 1. The molecule has 0 radical (unpaired) electrons. The van der Waals surface area contributed by atoms with E-state index < -0.39 is 5.97 Å². The zero-order chi connectivity index (χ0) is 12.0. The fourth-order valence-corrected chi connectivity index (χ4v) is 2.94. The van der Waals surface area contributed by atoms with Gasteiger partial charge in [0.2, 0.25) is 0 Å². The number of carbonyl (C=O) groups is 1. The first-order valence-corrected chi connectivity index (χ1v) is 5.96. The second-order valence-electron chi connectivity index (χ2n) is 4.78. The van der Waals surface area contributed by atoms with Gasteiger partial charge in [-0.1, -0.05) is 18.2 Å². The number of fused-ring (bicyclic) bond motifs is 3. The van der Waals surface area contributed by atoms with Crippen molar-refractivity contribution in [3.05, 3.63) is 35.5 Å². The molecule has 1 atom stereocenters. The second-order valence-corrected chi connectivity index (χ2v) is 4.78. The van der Waals surface area contributed by atoms with Crippen molar-refractivity contribution >= 4 is 16.9 Å². The lowest BCUT2D eigenvalue weighted by molar-refractivity contribution is -0.142. The normalized spacial score (nSPS) is 19.2. The number of hydrogen-bond acceptors (Lipinski definition) is 1. The van der Waals surface area contributed by atoms with Gasteiger partial charge in [0.15, 0.2) is 0 Å². The first kappa shape index (κ1) is 10.4. The lowest BCUT2D eigenvalue weighted by atomic mass is 9.86. The van der Waals surface area contributed by atoms with E-state index in [0.717, 1.165) is 12.8 Å². The number of rotatable bonds is 1. The molecule has 1 aliphatic carbocycles. The molecule has 17 heavy (non-hydrogen) atoms. The Bertz CT molecular complexity index is 598. The molecule has 2 aromatic rings. The minimum atomic E-state index is -0.663. The average molecular weight is 229 g/mol. The van der Waals surface area contributed by atoms with Gasteiger partial charge in [-0.05, 0) is 30.9 Å². The predicted octanol–water partition coefficient (Wildman–Crippen LogP) is 2.37. The van der Waals surface area contributed by atoms with Crippen molar-refractivity contribution < 1.29 is 9.90 Å². The molecule has 1 aromatic heterocycles. The Morgan fingerprint density at radius 2 is 2.18 bits per heavy atom. The third-order valence-electron chi connectivity index (χ3n) is 3.87. The van der Waals surface area contributed by atoms with E-state index in [1.54, 1.807) is 0 Å². The summed E-state index contributed by atoms with van der Waals surface area (Å²) in [6, 6.07) is 8.25. The Morgan fingerprint density at radius 3 is 2.94 bits per heavy atom. The zero-order valence-electron chi connectivity index (χ0n) is 9.81. The van der Waals surface area contributed by atoms with Crippen molar-refractivity contribution in [3.8, 4) is 0 Å². The van der Waals surface area contributed by atoms with E-state index in [1.807, 2.05) is 12.1 Å². The van der Waals surface area contributed by atoms with Crippen molar-refractivity contribution in [1.29, 1.82) is 0 Å². The molecule has 88 valence electrons. The summed E-state index contributed by atoms with van der Waals surface area (Å²) in [7, 11) is 2.07. The highest BCUT2D eigenvalue weighted by atomic mass is 16.4. The van der Waals surface area contributed by atoms with Gasteiger partial charge < -0.3 is 9.67 Å². The van der Waals surface area contributed by atoms with Crippen LogP contribution in [0.5, 0.6) is 0 Å². The Morgan fingerprint density at radius 1 is 1.41 bits per heavy atom. The van der Waals surface area contributed by atoms with Crippen LogP contribution >= 0.6 is 0 Å². The van der Waals surface area contributed by atoms with E-state index in [-0.39, 0.29) is 5.92 Å². The highest BCUT2D eigenvalue weighted by molar-refractivity contribution is 5.86. The highest BCUT2D eigenvalue weighted by Gasteiger charge is 2.27. The molecule has 0 amide bonds. The standard InChI is InChI=1S/C14H15NO2/c1-15-12-5-3-2-4-10(12)11-8-9(14(16)17)6-7-13(11)15/h2-5,9H,6-8H2,1H3,(H,16,17). The fourth-order valence-electron chi connectivity index (χ4n) is 2.94.